The smallest absolute Gasteiger partial charge is 0.325 e. The van der Waals surface area contributed by atoms with Crippen LogP contribution in [0.5, 0.6) is 5.75 Å². The minimum absolute atomic E-state index is 0.461. The molecule has 1 atom stereocenters. The van der Waals surface area contributed by atoms with Crippen molar-refractivity contribution >= 4 is 21.9 Å². The van der Waals surface area contributed by atoms with Gasteiger partial charge in [0.2, 0.25) is 0 Å². The first-order valence-corrected chi connectivity index (χ1v) is 4.67. The van der Waals surface area contributed by atoms with Crippen LogP contribution in [0.1, 0.15) is 11.6 Å². The van der Waals surface area contributed by atoms with E-state index in [1.54, 1.807) is 18.2 Å². The van der Waals surface area contributed by atoms with Gasteiger partial charge in [-0.3, -0.25) is 4.79 Å². The molecule has 0 saturated carbocycles. The van der Waals surface area contributed by atoms with Gasteiger partial charge in [-0.2, -0.15) is 0 Å². The van der Waals surface area contributed by atoms with Crippen molar-refractivity contribution in [3.05, 3.63) is 28.2 Å². The zero-order valence-corrected chi connectivity index (χ0v) is 9.11. The van der Waals surface area contributed by atoms with Crippen molar-refractivity contribution in [2.45, 2.75) is 6.04 Å². The van der Waals surface area contributed by atoms with Crippen LogP contribution in [-0.2, 0) is 4.79 Å². The average molecular weight is 260 g/mol. The molecular weight excluding hydrogens is 250 g/mol. The number of hydrogen-bond donors (Lipinski definition) is 2. The van der Waals surface area contributed by atoms with E-state index in [0.717, 1.165) is 4.47 Å². The molecular formula is C9H10BrNO3. The van der Waals surface area contributed by atoms with E-state index in [-0.39, 0.29) is 0 Å². The molecule has 0 radical (unpaired) electrons. The number of ether oxygens (including phenoxy) is 1. The maximum Gasteiger partial charge on any atom is 0.325 e. The highest BCUT2D eigenvalue weighted by Crippen LogP contribution is 2.27. The highest BCUT2D eigenvalue weighted by molar-refractivity contribution is 9.10. The van der Waals surface area contributed by atoms with Crippen molar-refractivity contribution in [2.75, 3.05) is 7.11 Å². The Morgan fingerprint density at radius 3 is 2.79 bits per heavy atom. The Morgan fingerprint density at radius 2 is 2.29 bits per heavy atom. The van der Waals surface area contributed by atoms with E-state index < -0.39 is 12.0 Å². The molecule has 0 saturated heterocycles. The molecule has 14 heavy (non-hydrogen) atoms. The third-order valence-electron chi connectivity index (χ3n) is 1.80. The van der Waals surface area contributed by atoms with Crippen LogP contribution in [0.2, 0.25) is 0 Å². The first-order valence-electron chi connectivity index (χ1n) is 3.88. The van der Waals surface area contributed by atoms with Gasteiger partial charge in [-0.1, -0.05) is 22.0 Å². The minimum atomic E-state index is -1.08. The van der Waals surface area contributed by atoms with Gasteiger partial charge in [-0.25, -0.2) is 0 Å². The topological polar surface area (TPSA) is 72.5 Å². The Hall–Kier alpha value is -1.07. The van der Waals surface area contributed by atoms with E-state index in [4.69, 9.17) is 15.6 Å². The summed E-state index contributed by atoms with van der Waals surface area (Å²) in [4.78, 5) is 10.7. The summed E-state index contributed by atoms with van der Waals surface area (Å²) in [5.74, 6) is -0.611. The average Bonchev–Trinajstić information content (AvgIpc) is 2.16. The van der Waals surface area contributed by atoms with Gasteiger partial charge >= 0.3 is 5.97 Å². The highest BCUT2D eigenvalue weighted by Gasteiger charge is 2.18. The van der Waals surface area contributed by atoms with Crippen molar-refractivity contribution in [2.24, 2.45) is 5.73 Å². The molecule has 3 N–H and O–H groups in total. The van der Waals surface area contributed by atoms with E-state index in [9.17, 15) is 4.79 Å². The van der Waals surface area contributed by atoms with Crippen molar-refractivity contribution in [1.82, 2.24) is 0 Å². The monoisotopic (exact) mass is 259 g/mol. The van der Waals surface area contributed by atoms with Gasteiger partial charge in [0.05, 0.1) is 7.11 Å². The molecule has 0 fully saturated rings. The molecule has 0 spiro atoms. The quantitative estimate of drug-likeness (QED) is 0.864. The lowest BCUT2D eigenvalue weighted by Gasteiger charge is -2.11. The Balaban J connectivity index is 3.13. The molecule has 0 aliphatic rings. The summed E-state index contributed by atoms with van der Waals surface area (Å²) in [6, 6.07) is 3.97. The van der Waals surface area contributed by atoms with E-state index in [1.807, 2.05) is 0 Å². The number of benzene rings is 1. The first kappa shape index (κ1) is 11.0. The zero-order chi connectivity index (χ0) is 10.7. The van der Waals surface area contributed by atoms with Crippen LogP contribution in [-0.4, -0.2) is 18.2 Å². The Kier molecular flexibility index (Phi) is 3.49. The van der Waals surface area contributed by atoms with Crippen LogP contribution < -0.4 is 10.5 Å². The second-order valence-corrected chi connectivity index (χ2v) is 3.62. The molecule has 0 bridgehead atoms. The fourth-order valence-corrected chi connectivity index (χ4v) is 1.42. The molecule has 0 aliphatic heterocycles. The Morgan fingerprint density at radius 1 is 1.64 bits per heavy atom. The third-order valence-corrected chi connectivity index (χ3v) is 2.29. The van der Waals surface area contributed by atoms with Gasteiger partial charge < -0.3 is 15.6 Å². The summed E-state index contributed by atoms with van der Waals surface area (Å²) < 4.78 is 5.84. The second-order valence-electron chi connectivity index (χ2n) is 2.70. The molecule has 5 heteroatoms. The minimum Gasteiger partial charge on any atom is -0.496 e. The maximum absolute atomic E-state index is 10.7. The fourth-order valence-electron chi connectivity index (χ4n) is 1.07. The molecule has 0 unspecified atom stereocenters. The van der Waals surface area contributed by atoms with Gasteiger partial charge in [0, 0.05) is 10.0 Å². The molecule has 1 rings (SSSR count). The van der Waals surface area contributed by atoms with Crippen LogP contribution in [0.15, 0.2) is 22.7 Å². The number of aliphatic carboxylic acids is 1. The van der Waals surface area contributed by atoms with Crippen LogP contribution in [0, 0.1) is 0 Å². The van der Waals surface area contributed by atoms with Crippen LogP contribution in [0.25, 0.3) is 0 Å². The molecule has 0 aromatic heterocycles. The van der Waals surface area contributed by atoms with E-state index >= 15 is 0 Å². The van der Waals surface area contributed by atoms with Crippen LogP contribution in [0.3, 0.4) is 0 Å². The number of carbonyl (C=O) groups is 1. The normalized spacial score (nSPS) is 12.2. The van der Waals surface area contributed by atoms with Gasteiger partial charge in [0.25, 0.3) is 0 Å². The molecule has 4 nitrogen and oxygen atoms in total. The summed E-state index contributed by atoms with van der Waals surface area (Å²) in [5.41, 5.74) is 5.93. The second kappa shape index (κ2) is 4.43. The molecule has 76 valence electrons. The molecule has 1 aromatic rings. The van der Waals surface area contributed by atoms with Crippen LogP contribution in [0.4, 0.5) is 0 Å². The largest absolute Gasteiger partial charge is 0.496 e. The van der Waals surface area contributed by atoms with Crippen molar-refractivity contribution in [3.8, 4) is 5.75 Å². The number of nitrogens with two attached hydrogens (primary N) is 1. The standard InChI is InChI=1S/C9H10BrNO3/c1-14-7-4-5(10)2-3-6(7)8(11)9(12)13/h2-4,8H,11H2,1H3,(H,12,13)/t8-/m1/s1. The number of hydrogen-bond acceptors (Lipinski definition) is 3. The van der Waals surface area contributed by atoms with Gasteiger partial charge in [-0.15, -0.1) is 0 Å². The third kappa shape index (κ3) is 2.24. The van der Waals surface area contributed by atoms with E-state index in [0.29, 0.717) is 11.3 Å². The predicted molar refractivity (Wildman–Crippen MR) is 55.3 cm³/mol. The SMILES string of the molecule is COc1cc(Br)ccc1[C@@H](N)C(=O)O. The highest BCUT2D eigenvalue weighted by atomic mass is 79.9. The van der Waals surface area contributed by atoms with Gasteiger partial charge in [0.1, 0.15) is 11.8 Å². The van der Waals surface area contributed by atoms with Gasteiger partial charge in [-0.05, 0) is 12.1 Å². The summed E-state index contributed by atoms with van der Waals surface area (Å²) in [7, 11) is 1.47. The summed E-state index contributed by atoms with van der Waals surface area (Å²) in [6.07, 6.45) is 0. The molecule has 1 aromatic carbocycles. The maximum atomic E-state index is 10.7. The number of carboxylic acid groups (broad SMARTS) is 1. The summed E-state index contributed by atoms with van der Waals surface area (Å²) in [5, 5.41) is 8.73. The Bertz CT molecular complexity index is 354. The van der Waals surface area contributed by atoms with E-state index in [2.05, 4.69) is 15.9 Å². The molecule has 0 aliphatic carbocycles. The number of carboxylic acids is 1. The number of methoxy groups -OCH3 is 1. The number of rotatable bonds is 3. The van der Waals surface area contributed by atoms with Crippen molar-refractivity contribution in [1.29, 1.82) is 0 Å². The lowest BCUT2D eigenvalue weighted by atomic mass is 10.1. The van der Waals surface area contributed by atoms with E-state index in [1.165, 1.54) is 7.11 Å². The fraction of sp³-hybridized carbons (Fsp3) is 0.222. The zero-order valence-electron chi connectivity index (χ0n) is 7.53. The van der Waals surface area contributed by atoms with Crippen molar-refractivity contribution in [3.63, 3.8) is 0 Å². The Labute approximate surface area is 89.8 Å². The molecule has 0 amide bonds. The predicted octanol–water partition coefficient (Wildman–Crippen LogP) is 1.54. The van der Waals surface area contributed by atoms with Gasteiger partial charge in [0.15, 0.2) is 0 Å². The first-order chi connectivity index (χ1) is 6.56. The lowest BCUT2D eigenvalue weighted by molar-refractivity contribution is -0.138. The summed E-state index contributed by atoms with van der Waals surface area (Å²) in [6.45, 7) is 0. The molecule has 0 heterocycles. The number of halogens is 1. The lowest BCUT2D eigenvalue weighted by Crippen LogP contribution is -2.21. The van der Waals surface area contributed by atoms with Crippen molar-refractivity contribution < 1.29 is 14.6 Å². The van der Waals surface area contributed by atoms with Crippen LogP contribution >= 0.6 is 15.9 Å². The summed E-state index contributed by atoms with van der Waals surface area (Å²) >= 11 is 3.26.